The molecule has 0 saturated heterocycles. The number of carbonyl (C=O) groups excluding carboxylic acids is 1. The summed E-state index contributed by atoms with van der Waals surface area (Å²) in [6.45, 7) is 1.84. The summed E-state index contributed by atoms with van der Waals surface area (Å²) in [6.07, 6.45) is 3.36. The molecule has 0 aliphatic carbocycles. The minimum absolute atomic E-state index is 0.161. The van der Waals surface area contributed by atoms with Gasteiger partial charge in [-0.15, -0.1) is 0 Å². The molecule has 0 fully saturated rings. The molecular weight excluding hydrogens is 234 g/mol. The molecule has 0 atom stereocenters. The van der Waals surface area contributed by atoms with E-state index in [9.17, 15) is 9.59 Å². The zero-order chi connectivity index (χ0) is 13.1. The van der Waals surface area contributed by atoms with E-state index in [0.717, 1.165) is 11.4 Å². The van der Waals surface area contributed by atoms with E-state index in [1.54, 1.807) is 16.8 Å². The number of esters is 1. The van der Waals surface area contributed by atoms with E-state index in [2.05, 4.69) is 14.8 Å². The molecule has 1 N–H and O–H groups in total. The van der Waals surface area contributed by atoms with Gasteiger partial charge in [-0.2, -0.15) is 5.10 Å². The van der Waals surface area contributed by atoms with E-state index in [1.807, 2.05) is 6.92 Å². The molecule has 2 heterocycles. The molecule has 0 aromatic carbocycles. The van der Waals surface area contributed by atoms with Gasteiger partial charge in [0.2, 0.25) is 0 Å². The van der Waals surface area contributed by atoms with Gasteiger partial charge in [0, 0.05) is 18.3 Å². The van der Waals surface area contributed by atoms with Crippen LogP contribution in [0.5, 0.6) is 0 Å². The van der Waals surface area contributed by atoms with Crippen molar-refractivity contribution in [2.24, 2.45) is 0 Å². The molecule has 0 amide bonds. The van der Waals surface area contributed by atoms with Crippen LogP contribution >= 0.6 is 0 Å². The lowest BCUT2D eigenvalue weighted by atomic mass is 10.2. The van der Waals surface area contributed by atoms with E-state index in [4.69, 9.17) is 0 Å². The van der Waals surface area contributed by atoms with Crippen molar-refractivity contribution in [1.82, 2.24) is 14.6 Å². The number of ether oxygens (including phenoxy) is 1. The average molecular weight is 249 g/mol. The van der Waals surface area contributed by atoms with Gasteiger partial charge in [-0.25, -0.2) is 4.52 Å². The van der Waals surface area contributed by atoms with Crippen LogP contribution in [0, 0.1) is 6.92 Å². The summed E-state index contributed by atoms with van der Waals surface area (Å²) in [6, 6.07) is 1.73. The summed E-state index contributed by atoms with van der Waals surface area (Å²) in [5, 5.41) is 4.20. The Morgan fingerprint density at radius 2 is 2.33 bits per heavy atom. The van der Waals surface area contributed by atoms with Crippen molar-refractivity contribution in [2.45, 2.75) is 26.2 Å². The first-order valence-electron chi connectivity index (χ1n) is 5.75. The van der Waals surface area contributed by atoms with E-state index in [0.29, 0.717) is 24.8 Å². The highest BCUT2D eigenvalue weighted by molar-refractivity contribution is 5.69. The Balaban J connectivity index is 2.14. The molecule has 2 aromatic heterocycles. The lowest BCUT2D eigenvalue weighted by molar-refractivity contribution is -0.140. The number of methoxy groups -OCH3 is 1. The summed E-state index contributed by atoms with van der Waals surface area (Å²) in [7, 11) is 1.36. The lowest BCUT2D eigenvalue weighted by Crippen LogP contribution is -2.13. The second-order valence-electron chi connectivity index (χ2n) is 4.15. The zero-order valence-electron chi connectivity index (χ0n) is 10.4. The monoisotopic (exact) mass is 249 g/mol. The zero-order valence-corrected chi connectivity index (χ0v) is 10.4. The molecule has 0 aliphatic heterocycles. The van der Waals surface area contributed by atoms with Gasteiger partial charge in [0.15, 0.2) is 0 Å². The Labute approximate surface area is 104 Å². The first-order chi connectivity index (χ1) is 8.60. The quantitative estimate of drug-likeness (QED) is 0.814. The summed E-state index contributed by atoms with van der Waals surface area (Å²) < 4.78 is 6.13. The fourth-order valence-corrected chi connectivity index (χ4v) is 1.83. The number of hydrogen-bond donors (Lipinski definition) is 1. The van der Waals surface area contributed by atoms with Gasteiger partial charge in [0.25, 0.3) is 5.56 Å². The van der Waals surface area contributed by atoms with Gasteiger partial charge in [-0.1, -0.05) is 0 Å². The van der Waals surface area contributed by atoms with E-state index in [-0.39, 0.29) is 11.5 Å². The number of aromatic amines is 1. The summed E-state index contributed by atoms with van der Waals surface area (Å²) in [5.41, 5.74) is 1.93. The van der Waals surface area contributed by atoms with Crippen LogP contribution in [0.3, 0.4) is 0 Å². The smallest absolute Gasteiger partial charge is 0.305 e. The maximum atomic E-state index is 11.8. The third-order valence-corrected chi connectivity index (χ3v) is 2.70. The number of rotatable bonds is 4. The average Bonchev–Trinajstić information content (AvgIpc) is 2.70. The molecule has 96 valence electrons. The van der Waals surface area contributed by atoms with Crippen LogP contribution in [-0.4, -0.2) is 27.7 Å². The lowest BCUT2D eigenvalue weighted by Gasteiger charge is -2.02. The molecule has 6 nitrogen and oxygen atoms in total. The normalized spacial score (nSPS) is 10.8. The minimum Gasteiger partial charge on any atom is -0.469 e. The predicted molar refractivity (Wildman–Crippen MR) is 65.5 cm³/mol. The van der Waals surface area contributed by atoms with Crippen LogP contribution in [0.4, 0.5) is 0 Å². The maximum Gasteiger partial charge on any atom is 0.305 e. The van der Waals surface area contributed by atoms with Crippen molar-refractivity contribution >= 4 is 11.5 Å². The Morgan fingerprint density at radius 3 is 3.06 bits per heavy atom. The van der Waals surface area contributed by atoms with Crippen LogP contribution in [0.1, 0.15) is 24.2 Å². The SMILES string of the molecule is COC(=O)CCCc1cn2nc(C)cc2c(=O)[nH]1. The van der Waals surface area contributed by atoms with Gasteiger partial charge in [-0.05, 0) is 25.8 Å². The Bertz CT molecular complexity index is 627. The van der Waals surface area contributed by atoms with Crippen LogP contribution in [0.25, 0.3) is 5.52 Å². The number of fused-ring (bicyclic) bond motifs is 1. The van der Waals surface area contributed by atoms with Gasteiger partial charge >= 0.3 is 5.97 Å². The summed E-state index contributed by atoms with van der Waals surface area (Å²) in [4.78, 5) is 25.5. The van der Waals surface area contributed by atoms with Crippen molar-refractivity contribution in [3.63, 3.8) is 0 Å². The van der Waals surface area contributed by atoms with E-state index in [1.165, 1.54) is 7.11 Å². The highest BCUT2D eigenvalue weighted by Gasteiger charge is 2.06. The molecule has 0 aliphatic rings. The molecule has 0 bridgehead atoms. The fraction of sp³-hybridized carbons (Fsp3) is 0.417. The van der Waals surface area contributed by atoms with Gasteiger partial charge < -0.3 is 9.72 Å². The number of H-pyrrole nitrogens is 1. The van der Waals surface area contributed by atoms with Crippen molar-refractivity contribution in [1.29, 1.82) is 0 Å². The topological polar surface area (TPSA) is 76.5 Å². The van der Waals surface area contributed by atoms with Crippen molar-refractivity contribution < 1.29 is 9.53 Å². The van der Waals surface area contributed by atoms with Crippen molar-refractivity contribution in [2.75, 3.05) is 7.11 Å². The van der Waals surface area contributed by atoms with E-state index >= 15 is 0 Å². The first-order valence-corrected chi connectivity index (χ1v) is 5.75. The fourth-order valence-electron chi connectivity index (χ4n) is 1.83. The predicted octanol–water partition coefficient (Wildman–Crippen LogP) is 0.827. The second kappa shape index (κ2) is 5.03. The van der Waals surface area contributed by atoms with Crippen LogP contribution in [0.2, 0.25) is 0 Å². The Kier molecular flexibility index (Phi) is 3.45. The molecule has 0 unspecified atom stereocenters. The minimum atomic E-state index is -0.242. The molecule has 2 aromatic rings. The Morgan fingerprint density at radius 1 is 1.56 bits per heavy atom. The molecule has 18 heavy (non-hydrogen) atoms. The van der Waals surface area contributed by atoms with Crippen LogP contribution in [-0.2, 0) is 16.0 Å². The molecule has 0 radical (unpaired) electrons. The van der Waals surface area contributed by atoms with Crippen molar-refractivity contribution in [3.8, 4) is 0 Å². The highest BCUT2D eigenvalue weighted by atomic mass is 16.5. The number of hydrogen-bond acceptors (Lipinski definition) is 4. The Hall–Kier alpha value is -2.11. The van der Waals surface area contributed by atoms with Crippen molar-refractivity contribution in [3.05, 3.63) is 34.0 Å². The van der Waals surface area contributed by atoms with Gasteiger partial charge in [0.05, 0.1) is 12.8 Å². The largest absolute Gasteiger partial charge is 0.469 e. The second-order valence-corrected chi connectivity index (χ2v) is 4.15. The number of nitrogens with one attached hydrogen (secondary N) is 1. The molecule has 2 rings (SSSR count). The third-order valence-electron chi connectivity index (χ3n) is 2.70. The van der Waals surface area contributed by atoms with Crippen LogP contribution in [0.15, 0.2) is 17.1 Å². The number of aromatic nitrogens is 3. The summed E-state index contributed by atoms with van der Waals surface area (Å²) >= 11 is 0. The van der Waals surface area contributed by atoms with Gasteiger partial charge in [0.1, 0.15) is 5.52 Å². The van der Waals surface area contributed by atoms with E-state index < -0.39 is 0 Å². The maximum absolute atomic E-state index is 11.8. The standard InChI is InChI=1S/C12H15N3O3/c1-8-6-10-12(17)13-9(7-15(10)14-8)4-3-5-11(16)18-2/h6-7H,3-5H2,1-2H3,(H,13,17). The highest BCUT2D eigenvalue weighted by Crippen LogP contribution is 2.04. The molecular formula is C12H15N3O3. The number of carbonyl (C=O) groups is 1. The summed E-state index contributed by atoms with van der Waals surface area (Å²) in [5.74, 6) is -0.242. The van der Waals surface area contributed by atoms with Gasteiger partial charge in [-0.3, -0.25) is 9.59 Å². The number of nitrogens with zero attached hydrogens (tertiary/aromatic N) is 2. The number of aryl methyl sites for hydroxylation is 2. The molecule has 0 spiro atoms. The molecule has 6 heteroatoms. The van der Waals surface area contributed by atoms with Crippen LogP contribution < -0.4 is 5.56 Å². The first kappa shape index (κ1) is 12.3. The third kappa shape index (κ3) is 2.58. The molecule has 0 saturated carbocycles.